The molecule has 0 bridgehead atoms. The van der Waals surface area contributed by atoms with E-state index in [9.17, 15) is 9.90 Å². The van der Waals surface area contributed by atoms with Crippen LogP contribution in [0.1, 0.15) is 17.3 Å². The molecular weight excluding hydrogens is 268 g/mol. The molecule has 18 heavy (non-hydrogen) atoms. The Morgan fingerprint density at radius 3 is 2.83 bits per heavy atom. The van der Waals surface area contributed by atoms with Crippen molar-refractivity contribution in [2.24, 2.45) is 0 Å². The maximum Gasteiger partial charge on any atom is 0.337 e. The average molecular weight is 280 g/mol. The number of carboxylic acid groups (broad SMARTS) is 1. The zero-order chi connectivity index (χ0) is 13.0. The van der Waals surface area contributed by atoms with E-state index in [4.69, 9.17) is 0 Å². The number of hydrogen-bond acceptors (Lipinski definition) is 4. The van der Waals surface area contributed by atoms with Gasteiger partial charge in [-0.2, -0.15) is 0 Å². The fraction of sp³-hybridized carbons (Fsp3) is 0.167. The lowest BCUT2D eigenvalue weighted by Crippen LogP contribution is -2.01. The number of H-pyrrole nitrogens is 1. The lowest BCUT2D eigenvalue weighted by Gasteiger charge is -2.08. The molecule has 1 heterocycles. The van der Waals surface area contributed by atoms with Gasteiger partial charge in [0.15, 0.2) is 5.16 Å². The Balaban J connectivity index is 2.39. The number of thioether (sulfide) groups is 1. The van der Waals surface area contributed by atoms with Gasteiger partial charge in [-0.15, -0.1) is 11.8 Å². The van der Waals surface area contributed by atoms with Crippen LogP contribution < -0.4 is 0 Å². The first-order valence-corrected chi connectivity index (χ1v) is 7.19. The topological polar surface area (TPSA) is 66.0 Å². The lowest BCUT2D eigenvalue weighted by molar-refractivity contribution is 0.0689. The van der Waals surface area contributed by atoms with E-state index >= 15 is 0 Å². The summed E-state index contributed by atoms with van der Waals surface area (Å²) >= 11 is 2.86. The second kappa shape index (κ2) is 5.97. The van der Waals surface area contributed by atoms with Gasteiger partial charge in [0.25, 0.3) is 0 Å². The number of aromatic carboxylic acids is 1. The van der Waals surface area contributed by atoms with Gasteiger partial charge in [0, 0.05) is 22.2 Å². The summed E-state index contributed by atoms with van der Waals surface area (Å²) in [6.07, 6.45) is 3.36. The average Bonchev–Trinajstić information content (AvgIpc) is 2.82. The minimum atomic E-state index is -0.902. The van der Waals surface area contributed by atoms with Gasteiger partial charge in [0.1, 0.15) is 0 Å². The second-order valence-corrected chi connectivity index (χ2v) is 5.70. The highest BCUT2D eigenvalue weighted by molar-refractivity contribution is 8.00. The number of hydrogen-bond donors (Lipinski definition) is 2. The number of benzene rings is 1. The summed E-state index contributed by atoms with van der Waals surface area (Å²) in [5, 5.41) is 10.0. The normalized spacial score (nSPS) is 10.5. The van der Waals surface area contributed by atoms with Crippen LogP contribution >= 0.6 is 23.5 Å². The number of rotatable bonds is 5. The van der Waals surface area contributed by atoms with E-state index in [1.54, 1.807) is 18.5 Å². The molecule has 0 unspecified atom stereocenters. The quantitative estimate of drug-likeness (QED) is 0.822. The van der Waals surface area contributed by atoms with Crippen LogP contribution in [-0.2, 0) is 0 Å². The van der Waals surface area contributed by atoms with Crippen molar-refractivity contribution >= 4 is 29.5 Å². The Kier molecular flexibility index (Phi) is 4.33. The molecule has 0 radical (unpaired) electrons. The van der Waals surface area contributed by atoms with Crippen LogP contribution in [0.25, 0.3) is 0 Å². The molecule has 0 aliphatic heterocycles. The van der Waals surface area contributed by atoms with Crippen molar-refractivity contribution < 1.29 is 9.90 Å². The number of aromatic amines is 1. The third-order valence-electron chi connectivity index (χ3n) is 2.18. The predicted octanol–water partition coefficient (Wildman–Crippen LogP) is 3.37. The SMILES string of the molecule is CCSc1cccc(Sc2ncc[nH]2)c1C(=O)O. The molecule has 0 saturated carbocycles. The molecular formula is C12H12N2O2S2. The second-order valence-electron chi connectivity index (χ2n) is 3.36. The zero-order valence-electron chi connectivity index (χ0n) is 9.71. The molecule has 1 aromatic heterocycles. The minimum absolute atomic E-state index is 0.353. The Morgan fingerprint density at radius 1 is 1.44 bits per heavy atom. The molecule has 2 rings (SSSR count). The van der Waals surface area contributed by atoms with Crippen LogP contribution in [0.4, 0.5) is 0 Å². The standard InChI is InChI=1S/C12H12N2O2S2/c1-2-17-8-4-3-5-9(10(8)11(15)16)18-12-13-6-7-14-12/h3-7H,2H2,1H3,(H,13,14)(H,15,16). The molecule has 0 aliphatic rings. The predicted molar refractivity (Wildman–Crippen MR) is 72.5 cm³/mol. The van der Waals surface area contributed by atoms with E-state index in [2.05, 4.69) is 9.97 Å². The first-order chi connectivity index (χ1) is 8.72. The van der Waals surface area contributed by atoms with Gasteiger partial charge in [-0.05, 0) is 17.9 Å². The van der Waals surface area contributed by atoms with E-state index in [1.165, 1.54) is 23.5 Å². The lowest BCUT2D eigenvalue weighted by atomic mass is 10.2. The number of carboxylic acids is 1. The van der Waals surface area contributed by atoms with Crippen molar-refractivity contribution in [3.8, 4) is 0 Å². The van der Waals surface area contributed by atoms with Crippen molar-refractivity contribution in [3.05, 3.63) is 36.2 Å². The molecule has 0 saturated heterocycles. The Morgan fingerprint density at radius 2 is 2.22 bits per heavy atom. The highest BCUT2D eigenvalue weighted by Crippen LogP contribution is 2.33. The fourth-order valence-corrected chi connectivity index (χ4v) is 3.28. The molecule has 0 atom stereocenters. The van der Waals surface area contributed by atoms with Gasteiger partial charge in [-0.3, -0.25) is 0 Å². The third-order valence-corrected chi connectivity index (χ3v) is 4.10. The highest BCUT2D eigenvalue weighted by Gasteiger charge is 2.16. The maximum absolute atomic E-state index is 11.4. The van der Waals surface area contributed by atoms with Gasteiger partial charge in [0.2, 0.25) is 0 Å². The molecule has 0 fully saturated rings. The van der Waals surface area contributed by atoms with Gasteiger partial charge >= 0.3 is 5.97 Å². The third kappa shape index (κ3) is 2.88. The van der Waals surface area contributed by atoms with E-state index in [0.717, 1.165) is 10.6 Å². The van der Waals surface area contributed by atoms with Crippen LogP contribution in [0.15, 0.2) is 45.5 Å². The summed E-state index contributed by atoms with van der Waals surface area (Å²) in [5.74, 6) is -0.0598. The summed E-state index contributed by atoms with van der Waals surface area (Å²) in [4.78, 5) is 19.9. The molecule has 1 aromatic carbocycles. The van der Waals surface area contributed by atoms with Crippen molar-refractivity contribution in [1.29, 1.82) is 0 Å². The molecule has 2 aromatic rings. The summed E-state index contributed by atoms with van der Waals surface area (Å²) in [5.41, 5.74) is 0.353. The molecule has 0 amide bonds. The molecule has 94 valence electrons. The summed E-state index contributed by atoms with van der Waals surface area (Å²) < 4.78 is 0. The number of nitrogens with zero attached hydrogens (tertiary/aromatic N) is 1. The van der Waals surface area contributed by atoms with Crippen LogP contribution in [0.2, 0.25) is 0 Å². The summed E-state index contributed by atoms with van der Waals surface area (Å²) in [6, 6.07) is 5.51. The number of aromatic nitrogens is 2. The summed E-state index contributed by atoms with van der Waals surface area (Å²) in [6.45, 7) is 2.00. The van der Waals surface area contributed by atoms with Crippen LogP contribution in [0, 0.1) is 0 Å². The van der Waals surface area contributed by atoms with Crippen LogP contribution in [0.5, 0.6) is 0 Å². The molecule has 0 aliphatic carbocycles. The van der Waals surface area contributed by atoms with Crippen LogP contribution in [0.3, 0.4) is 0 Å². The first-order valence-electron chi connectivity index (χ1n) is 5.38. The number of imidazole rings is 1. The monoisotopic (exact) mass is 280 g/mol. The van der Waals surface area contributed by atoms with E-state index in [-0.39, 0.29) is 0 Å². The number of nitrogens with one attached hydrogen (secondary N) is 1. The fourth-order valence-electron chi connectivity index (χ4n) is 1.49. The Hall–Kier alpha value is -1.40. The van der Waals surface area contributed by atoms with E-state index in [0.29, 0.717) is 15.6 Å². The number of carbonyl (C=O) groups is 1. The molecule has 0 spiro atoms. The minimum Gasteiger partial charge on any atom is -0.478 e. The molecule has 6 heteroatoms. The highest BCUT2D eigenvalue weighted by atomic mass is 32.2. The van der Waals surface area contributed by atoms with Gasteiger partial charge < -0.3 is 10.1 Å². The van der Waals surface area contributed by atoms with Gasteiger partial charge in [-0.25, -0.2) is 9.78 Å². The van der Waals surface area contributed by atoms with E-state index < -0.39 is 5.97 Å². The van der Waals surface area contributed by atoms with Gasteiger partial charge in [0.05, 0.1) is 5.56 Å². The molecule has 2 N–H and O–H groups in total. The first kappa shape index (κ1) is 13.0. The van der Waals surface area contributed by atoms with Crippen molar-refractivity contribution in [3.63, 3.8) is 0 Å². The summed E-state index contributed by atoms with van der Waals surface area (Å²) in [7, 11) is 0. The Labute approximate surface area is 113 Å². The maximum atomic E-state index is 11.4. The Bertz CT molecular complexity index is 541. The largest absolute Gasteiger partial charge is 0.478 e. The molecule has 4 nitrogen and oxygen atoms in total. The van der Waals surface area contributed by atoms with E-state index in [1.807, 2.05) is 19.1 Å². The van der Waals surface area contributed by atoms with Gasteiger partial charge in [-0.1, -0.05) is 24.8 Å². The van der Waals surface area contributed by atoms with Crippen molar-refractivity contribution in [2.75, 3.05) is 5.75 Å². The van der Waals surface area contributed by atoms with Crippen molar-refractivity contribution in [2.45, 2.75) is 21.9 Å². The zero-order valence-corrected chi connectivity index (χ0v) is 11.3. The van der Waals surface area contributed by atoms with Crippen molar-refractivity contribution in [1.82, 2.24) is 9.97 Å². The van der Waals surface area contributed by atoms with Crippen LogP contribution in [-0.4, -0.2) is 26.8 Å². The smallest absolute Gasteiger partial charge is 0.337 e.